The first-order valence-electron chi connectivity index (χ1n) is 39.9. The van der Waals surface area contributed by atoms with Crippen molar-refractivity contribution in [3.63, 3.8) is 0 Å². The highest BCUT2D eigenvalue weighted by Gasteiger charge is 2.32. The molecule has 15 aromatic carbocycles. The second kappa shape index (κ2) is 31.2. The average Bonchev–Trinajstić information content (AvgIpc) is 1.58. The van der Waals surface area contributed by atoms with Crippen molar-refractivity contribution in [1.82, 2.24) is 68.9 Å². The van der Waals surface area contributed by atoms with Crippen molar-refractivity contribution in [2.45, 2.75) is 6.18 Å². The van der Waals surface area contributed by atoms with Gasteiger partial charge in [0.1, 0.15) is 0 Å². The predicted octanol–water partition coefficient (Wildman–Crippen LogP) is 24.7. The van der Waals surface area contributed by atoms with Crippen LogP contribution in [-0.2, 0) is 6.18 Å². The third-order valence-corrected chi connectivity index (χ3v) is 22.0. The number of nitrogens with zero attached hydrogens (tertiary/aromatic N) is 16. The van der Waals surface area contributed by atoms with Gasteiger partial charge in [-0.2, -0.15) is 23.7 Å². The zero-order chi connectivity index (χ0) is 83.4. The van der Waals surface area contributed by atoms with E-state index in [1.807, 2.05) is 309 Å². The molecule has 6 heterocycles. The summed E-state index contributed by atoms with van der Waals surface area (Å²) in [5.74, 6) is 5.43. The van der Waals surface area contributed by atoms with E-state index in [1.165, 1.54) is 6.07 Å². The second-order valence-electron chi connectivity index (χ2n) is 29.7. The number of rotatable bonds is 16. The number of alkyl halides is 3. The molecule has 0 saturated carbocycles. The highest BCUT2D eigenvalue weighted by atomic mass is 19.4. The average molecular weight is 1600 g/mol. The molecule has 0 spiro atoms. The lowest BCUT2D eigenvalue weighted by molar-refractivity contribution is -0.137. The Kier molecular flexibility index (Phi) is 18.7. The van der Waals surface area contributed by atoms with Crippen LogP contribution in [0.15, 0.2) is 370 Å². The second-order valence-corrected chi connectivity index (χ2v) is 29.7. The van der Waals surface area contributed by atoms with Crippen LogP contribution in [0.1, 0.15) is 16.7 Å². The Morgan fingerprint density at radius 3 is 0.734 bits per heavy atom. The van der Waals surface area contributed by atoms with Crippen LogP contribution in [0.4, 0.5) is 13.2 Å². The monoisotopic (exact) mass is 1600 g/mol. The van der Waals surface area contributed by atoms with E-state index in [0.717, 1.165) is 89.2 Å². The van der Waals surface area contributed by atoms with E-state index < -0.39 is 11.7 Å². The maximum Gasteiger partial charge on any atom is 0.416 e. The lowest BCUT2D eigenvalue weighted by Gasteiger charge is -2.20. The van der Waals surface area contributed by atoms with Crippen molar-refractivity contribution in [2.24, 2.45) is 0 Å². The Balaban J connectivity index is 0.834. The molecule has 0 atom stereocenters. The van der Waals surface area contributed by atoms with E-state index in [-0.39, 0.29) is 11.1 Å². The molecule has 0 radical (unpaired) electrons. The molecular weight excluding hydrogens is 1540 g/mol. The van der Waals surface area contributed by atoms with Crippen LogP contribution in [-0.4, -0.2) is 68.9 Å². The Hall–Kier alpha value is -17.3. The van der Waals surface area contributed by atoms with Crippen LogP contribution in [0.25, 0.3) is 214 Å². The van der Waals surface area contributed by atoms with Crippen molar-refractivity contribution in [1.29, 1.82) is 10.5 Å². The Morgan fingerprint density at radius 1 is 0.210 bits per heavy atom. The van der Waals surface area contributed by atoms with E-state index in [0.29, 0.717) is 137 Å². The molecule has 0 fully saturated rings. The summed E-state index contributed by atoms with van der Waals surface area (Å²) in [4.78, 5) is 62.0. The Labute approximate surface area is 707 Å². The van der Waals surface area contributed by atoms with Crippen LogP contribution >= 0.6 is 0 Å². The first-order chi connectivity index (χ1) is 60.9. The smallest absolute Gasteiger partial charge is 0.309 e. The van der Waals surface area contributed by atoms with E-state index in [1.54, 1.807) is 6.07 Å². The summed E-state index contributed by atoms with van der Waals surface area (Å²) < 4.78 is 48.7. The van der Waals surface area contributed by atoms with Crippen molar-refractivity contribution in [3.8, 4) is 182 Å². The van der Waals surface area contributed by atoms with Gasteiger partial charge in [-0.15, -0.1) is 0 Å². The van der Waals surface area contributed by atoms with Gasteiger partial charge in [-0.1, -0.05) is 261 Å². The number of hydrogen-bond donors (Lipinski definition) is 0. The summed E-state index contributed by atoms with van der Waals surface area (Å²) in [6.07, 6.45) is -4.76. The predicted molar refractivity (Wildman–Crippen MR) is 479 cm³/mol. The number of nitriles is 2. The molecule has 21 rings (SSSR count). The molecule has 0 saturated heterocycles. The van der Waals surface area contributed by atoms with Gasteiger partial charge in [-0.25, -0.2) is 59.8 Å². The molecule has 0 amide bonds. The lowest BCUT2D eigenvalue weighted by Crippen LogP contribution is -2.06. The SMILES string of the molecule is N#Cc1ccc(-n2c3ccc(-c4nc(-c5ccccc5)nc(-c5ccccc5)n4)cc3c3cc(-c4nc(-c5ccccc5)nc(-c5ccccc5)n4)ccc32)c(-c2ccc(-c3ccc(C(F)(F)F)cc3C#N)cc2-n2c3ccc(-c4nc(-c5ccccc5)nc(-c5ccccc5)n4)cc3c3cc(-c4nc(-c5ccccc5)nc(-c5ccccc5)n4)ccc32)c1. The maximum absolute atomic E-state index is 14.8. The van der Waals surface area contributed by atoms with E-state index in [4.69, 9.17) is 59.8 Å². The van der Waals surface area contributed by atoms with Crippen LogP contribution in [0.5, 0.6) is 0 Å². The van der Waals surface area contributed by atoms with Gasteiger partial charge in [0.25, 0.3) is 0 Å². The van der Waals surface area contributed by atoms with Gasteiger partial charge < -0.3 is 9.13 Å². The molecule has 582 valence electrons. The van der Waals surface area contributed by atoms with Crippen molar-refractivity contribution in [3.05, 3.63) is 387 Å². The lowest BCUT2D eigenvalue weighted by atomic mass is 9.93. The minimum atomic E-state index is -4.76. The number of aromatic nitrogens is 14. The molecule has 19 heteroatoms. The van der Waals surface area contributed by atoms with Gasteiger partial charge in [0.2, 0.25) is 0 Å². The fourth-order valence-corrected chi connectivity index (χ4v) is 16.1. The van der Waals surface area contributed by atoms with Crippen LogP contribution < -0.4 is 0 Å². The normalized spacial score (nSPS) is 11.5. The van der Waals surface area contributed by atoms with Gasteiger partial charge in [0, 0.05) is 99.4 Å². The fraction of sp³-hybridized carbons (Fsp3) is 0.00952. The maximum atomic E-state index is 14.8. The van der Waals surface area contributed by atoms with Crippen LogP contribution in [0.3, 0.4) is 0 Å². The summed E-state index contributed by atoms with van der Waals surface area (Å²) >= 11 is 0. The largest absolute Gasteiger partial charge is 0.416 e. The fourth-order valence-electron chi connectivity index (χ4n) is 16.1. The molecule has 6 aromatic heterocycles. The zero-order valence-electron chi connectivity index (χ0n) is 65.5. The number of fused-ring (bicyclic) bond motifs is 6. The molecule has 0 aliphatic carbocycles. The molecule has 0 aliphatic rings. The minimum Gasteiger partial charge on any atom is -0.309 e. The van der Waals surface area contributed by atoms with Gasteiger partial charge in [0.15, 0.2) is 69.9 Å². The molecule has 21 aromatic rings. The molecule has 124 heavy (non-hydrogen) atoms. The highest BCUT2D eigenvalue weighted by Crippen LogP contribution is 2.47. The molecule has 16 nitrogen and oxygen atoms in total. The van der Waals surface area contributed by atoms with Gasteiger partial charge in [-0.3, -0.25) is 0 Å². The summed E-state index contributed by atoms with van der Waals surface area (Å²) in [6.45, 7) is 0. The molecule has 0 bridgehead atoms. The molecule has 0 N–H and O–H groups in total. The number of benzene rings is 15. The van der Waals surface area contributed by atoms with Gasteiger partial charge in [-0.05, 0) is 120 Å². The van der Waals surface area contributed by atoms with E-state index >= 15 is 0 Å². The Morgan fingerprint density at radius 2 is 0.468 bits per heavy atom. The van der Waals surface area contributed by atoms with Crippen LogP contribution in [0, 0.1) is 22.7 Å². The first kappa shape index (κ1) is 74.3. The van der Waals surface area contributed by atoms with Crippen molar-refractivity contribution >= 4 is 43.6 Å². The minimum absolute atomic E-state index is 0.195. The van der Waals surface area contributed by atoms with Crippen LogP contribution in [0.2, 0.25) is 0 Å². The number of halogens is 3. The summed E-state index contributed by atoms with van der Waals surface area (Å²) in [7, 11) is 0. The first-order valence-corrected chi connectivity index (χ1v) is 39.9. The summed E-state index contributed by atoms with van der Waals surface area (Å²) in [5.41, 5.74) is 14.1. The standard InChI is InChI=1S/C105H61F3N16/c106-105(107,108)79-47-49-80(78(56-79)63-110)73-42-48-81(92(61-73)124-90-53-45-76(103-119-97(69-33-17-5-18-34-69)113-98(120-103)70-35-19-6-20-36-70)59-85(90)86-60-77(46-54-91(86)124)104-121-99(71-37-21-7-22-38-71)114-100(122-104)72-39-23-8-24-40-72)82-55-64(62-109)41-50-87(82)123-88-51-43-74(101-115-93(65-25-9-1-10-26-65)111-94(116-101)66-27-11-2-12-28-66)57-83(88)84-58-75(44-52-89(84)123)102-117-95(67-29-13-3-14-30-67)112-96(118-102)68-31-15-4-16-32-68/h1-61H. The number of hydrogen-bond acceptors (Lipinski definition) is 14. The van der Waals surface area contributed by atoms with Gasteiger partial charge in [0.05, 0.1) is 62.3 Å². The summed E-state index contributed by atoms with van der Waals surface area (Å²) in [6, 6.07) is 122. The van der Waals surface area contributed by atoms with Gasteiger partial charge >= 0.3 is 6.18 Å². The molecular formula is C105H61F3N16. The van der Waals surface area contributed by atoms with Crippen molar-refractivity contribution in [2.75, 3.05) is 0 Å². The van der Waals surface area contributed by atoms with E-state index in [2.05, 4.69) is 57.7 Å². The summed E-state index contributed by atoms with van der Waals surface area (Å²) in [5, 5.41) is 25.3. The molecule has 0 aliphatic heterocycles. The topological polar surface area (TPSA) is 212 Å². The Bertz CT molecular complexity index is 7240. The third kappa shape index (κ3) is 14.0. The third-order valence-electron chi connectivity index (χ3n) is 22.0. The highest BCUT2D eigenvalue weighted by molar-refractivity contribution is 6.14. The molecule has 0 unspecified atom stereocenters. The zero-order valence-corrected chi connectivity index (χ0v) is 65.5. The van der Waals surface area contributed by atoms with E-state index in [9.17, 15) is 23.7 Å². The quantitative estimate of drug-likeness (QED) is 0.0881. The van der Waals surface area contributed by atoms with Crippen molar-refractivity contribution < 1.29 is 13.2 Å².